The minimum Gasteiger partial charge on any atom is -0.314 e. The summed E-state index contributed by atoms with van der Waals surface area (Å²) in [6.45, 7) is 6.50. The maximum absolute atomic E-state index is 4.73. The molecule has 0 bridgehead atoms. The predicted molar refractivity (Wildman–Crippen MR) is 79.1 cm³/mol. The number of aryl methyl sites for hydroxylation is 1. The van der Waals surface area contributed by atoms with E-state index in [2.05, 4.69) is 55.7 Å². The van der Waals surface area contributed by atoms with Crippen molar-refractivity contribution in [2.75, 3.05) is 7.05 Å². The van der Waals surface area contributed by atoms with Crippen LogP contribution in [0.4, 0.5) is 0 Å². The zero-order valence-corrected chi connectivity index (χ0v) is 12.3. The molecule has 2 aromatic rings. The molecule has 3 heteroatoms. The second-order valence-electron chi connectivity index (χ2n) is 5.31. The summed E-state index contributed by atoms with van der Waals surface area (Å²) in [5.74, 6) is 0. The largest absolute Gasteiger partial charge is 0.314 e. The monoisotopic (exact) mass is 260 g/mol. The van der Waals surface area contributed by atoms with E-state index in [4.69, 9.17) is 4.98 Å². The summed E-state index contributed by atoms with van der Waals surface area (Å²) in [5.41, 5.74) is 3.67. The van der Waals surface area contributed by atoms with Gasteiger partial charge in [-0.25, -0.2) is 4.98 Å². The third kappa shape index (κ3) is 3.18. The molecule has 0 aliphatic carbocycles. The number of thiazole rings is 1. The van der Waals surface area contributed by atoms with Crippen LogP contribution in [0.15, 0.2) is 29.6 Å². The number of nitrogens with zero attached hydrogens (tertiary/aromatic N) is 1. The Hall–Kier alpha value is -1.19. The van der Waals surface area contributed by atoms with Gasteiger partial charge in [-0.1, -0.05) is 23.8 Å². The van der Waals surface area contributed by atoms with Gasteiger partial charge in [0.1, 0.15) is 0 Å². The molecule has 0 aliphatic rings. The van der Waals surface area contributed by atoms with Gasteiger partial charge in [0, 0.05) is 22.9 Å². The molecule has 0 spiro atoms. The van der Waals surface area contributed by atoms with Crippen molar-refractivity contribution in [2.24, 2.45) is 0 Å². The van der Waals surface area contributed by atoms with Crippen LogP contribution in [0.25, 0.3) is 11.3 Å². The van der Waals surface area contributed by atoms with E-state index in [0.717, 1.165) is 12.1 Å². The minimum absolute atomic E-state index is 0.0989. The van der Waals surface area contributed by atoms with Gasteiger partial charge in [-0.3, -0.25) is 0 Å². The second kappa shape index (κ2) is 5.21. The predicted octanol–water partition coefficient (Wildman–Crippen LogP) is 3.66. The van der Waals surface area contributed by atoms with Crippen LogP contribution in [-0.4, -0.2) is 17.6 Å². The molecule has 1 N–H and O–H groups in total. The zero-order valence-electron chi connectivity index (χ0n) is 11.4. The molecular weight excluding hydrogens is 240 g/mol. The number of benzene rings is 1. The lowest BCUT2D eigenvalue weighted by Crippen LogP contribution is -2.38. The maximum atomic E-state index is 4.73. The van der Waals surface area contributed by atoms with Crippen molar-refractivity contribution >= 4 is 11.3 Å². The van der Waals surface area contributed by atoms with Gasteiger partial charge in [0.2, 0.25) is 0 Å². The van der Waals surface area contributed by atoms with Crippen LogP contribution < -0.4 is 5.32 Å². The lowest BCUT2D eigenvalue weighted by molar-refractivity contribution is 0.421. The number of aromatic nitrogens is 1. The van der Waals surface area contributed by atoms with E-state index in [0.29, 0.717) is 0 Å². The van der Waals surface area contributed by atoms with Crippen LogP contribution >= 0.6 is 11.3 Å². The van der Waals surface area contributed by atoms with Gasteiger partial charge >= 0.3 is 0 Å². The zero-order chi connectivity index (χ0) is 13.2. The molecule has 0 saturated heterocycles. The van der Waals surface area contributed by atoms with Crippen molar-refractivity contribution in [1.29, 1.82) is 0 Å². The summed E-state index contributed by atoms with van der Waals surface area (Å²) in [6.07, 6.45) is 0.958. The van der Waals surface area contributed by atoms with Gasteiger partial charge in [0.05, 0.1) is 10.7 Å². The van der Waals surface area contributed by atoms with E-state index in [1.54, 1.807) is 11.3 Å². The van der Waals surface area contributed by atoms with Crippen molar-refractivity contribution in [3.8, 4) is 11.3 Å². The topological polar surface area (TPSA) is 24.9 Å². The first-order valence-electron chi connectivity index (χ1n) is 6.20. The van der Waals surface area contributed by atoms with Crippen molar-refractivity contribution in [2.45, 2.75) is 32.7 Å². The van der Waals surface area contributed by atoms with Crippen LogP contribution in [-0.2, 0) is 6.42 Å². The van der Waals surface area contributed by atoms with E-state index in [1.165, 1.54) is 16.1 Å². The third-order valence-corrected chi connectivity index (χ3v) is 3.98. The first kappa shape index (κ1) is 13.2. The molecule has 18 heavy (non-hydrogen) atoms. The standard InChI is InChI=1S/C15H20N2S/c1-11-6-5-7-12(8-11)13-10-18-14(17-13)9-15(2,3)16-4/h5-8,10,16H,9H2,1-4H3. The Labute approximate surface area is 113 Å². The Bertz CT molecular complexity index is 529. The lowest BCUT2D eigenvalue weighted by atomic mass is 10.0. The molecule has 0 amide bonds. The smallest absolute Gasteiger partial charge is 0.0950 e. The third-order valence-electron chi connectivity index (χ3n) is 3.14. The van der Waals surface area contributed by atoms with Crippen LogP contribution in [0.5, 0.6) is 0 Å². The molecule has 0 fully saturated rings. The minimum atomic E-state index is 0.0989. The molecule has 2 nitrogen and oxygen atoms in total. The average Bonchev–Trinajstić information content (AvgIpc) is 2.77. The number of likely N-dealkylation sites (N-methyl/N-ethyl adjacent to an activating group) is 1. The highest BCUT2D eigenvalue weighted by atomic mass is 32.1. The summed E-state index contributed by atoms with van der Waals surface area (Å²) in [5, 5.41) is 6.65. The highest BCUT2D eigenvalue weighted by Gasteiger charge is 2.17. The van der Waals surface area contributed by atoms with Crippen molar-refractivity contribution in [3.05, 3.63) is 40.2 Å². The van der Waals surface area contributed by atoms with Crippen molar-refractivity contribution in [3.63, 3.8) is 0 Å². The van der Waals surface area contributed by atoms with Crippen LogP contribution in [0.3, 0.4) is 0 Å². The van der Waals surface area contributed by atoms with E-state index in [-0.39, 0.29) is 5.54 Å². The first-order chi connectivity index (χ1) is 8.50. The molecule has 0 saturated carbocycles. The molecule has 96 valence electrons. The maximum Gasteiger partial charge on any atom is 0.0950 e. The Morgan fingerprint density at radius 2 is 2.11 bits per heavy atom. The Morgan fingerprint density at radius 1 is 1.33 bits per heavy atom. The fourth-order valence-corrected chi connectivity index (χ4v) is 2.83. The quantitative estimate of drug-likeness (QED) is 0.907. The summed E-state index contributed by atoms with van der Waals surface area (Å²) >= 11 is 1.74. The van der Waals surface area contributed by atoms with Crippen molar-refractivity contribution in [1.82, 2.24) is 10.3 Å². The lowest BCUT2D eigenvalue weighted by Gasteiger charge is -2.22. The summed E-state index contributed by atoms with van der Waals surface area (Å²) in [6, 6.07) is 8.50. The number of hydrogen-bond donors (Lipinski definition) is 1. The van der Waals surface area contributed by atoms with Crippen molar-refractivity contribution < 1.29 is 0 Å². The summed E-state index contributed by atoms with van der Waals surface area (Å²) < 4.78 is 0. The van der Waals surface area contributed by atoms with E-state index >= 15 is 0 Å². The molecular formula is C15H20N2S. The van der Waals surface area contributed by atoms with Gasteiger partial charge in [0.15, 0.2) is 0 Å². The summed E-state index contributed by atoms with van der Waals surface area (Å²) in [7, 11) is 2.00. The van der Waals surface area contributed by atoms with Gasteiger partial charge in [0.25, 0.3) is 0 Å². The number of hydrogen-bond acceptors (Lipinski definition) is 3. The number of rotatable bonds is 4. The first-order valence-corrected chi connectivity index (χ1v) is 7.08. The van der Waals surface area contributed by atoms with Gasteiger partial charge in [-0.2, -0.15) is 0 Å². The molecule has 0 radical (unpaired) electrons. The SMILES string of the molecule is CNC(C)(C)Cc1nc(-c2cccc(C)c2)cs1. The number of nitrogens with one attached hydrogen (secondary N) is 1. The van der Waals surface area contributed by atoms with E-state index in [9.17, 15) is 0 Å². The molecule has 0 unspecified atom stereocenters. The fourth-order valence-electron chi connectivity index (χ4n) is 1.80. The molecule has 2 rings (SSSR count). The van der Waals surface area contributed by atoms with Crippen LogP contribution in [0.1, 0.15) is 24.4 Å². The second-order valence-corrected chi connectivity index (χ2v) is 6.25. The Morgan fingerprint density at radius 3 is 2.78 bits per heavy atom. The van der Waals surface area contributed by atoms with Gasteiger partial charge in [-0.15, -0.1) is 11.3 Å². The van der Waals surface area contributed by atoms with Crippen LogP contribution in [0, 0.1) is 6.92 Å². The van der Waals surface area contributed by atoms with E-state index in [1.807, 2.05) is 7.05 Å². The molecule has 1 aromatic carbocycles. The Kier molecular flexibility index (Phi) is 3.83. The molecule has 0 atom stereocenters. The van der Waals surface area contributed by atoms with Gasteiger partial charge < -0.3 is 5.32 Å². The summed E-state index contributed by atoms with van der Waals surface area (Å²) in [4.78, 5) is 4.73. The van der Waals surface area contributed by atoms with Gasteiger partial charge in [-0.05, 0) is 33.9 Å². The normalized spacial score (nSPS) is 11.8. The Balaban J connectivity index is 2.21. The highest BCUT2D eigenvalue weighted by molar-refractivity contribution is 7.09. The molecule has 0 aliphatic heterocycles. The highest BCUT2D eigenvalue weighted by Crippen LogP contribution is 2.24. The van der Waals surface area contributed by atoms with Crippen LogP contribution in [0.2, 0.25) is 0 Å². The fraction of sp³-hybridized carbons (Fsp3) is 0.400. The average molecular weight is 260 g/mol. The van der Waals surface area contributed by atoms with E-state index < -0.39 is 0 Å². The molecule has 1 aromatic heterocycles. The molecule has 1 heterocycles.